The fourth-order valence-electron chi connectivity index (χ4n) is 7.03. The quantitative estimate of drug-likeness (QED) is 0.646. The van der Waals surface area contributed by atoms with Gasteiger partial charge in [-0.1, -0.05) is 23.3 Å². The Labute approximate surface area is 202 Å². The molecule has 3 atom stereocenters. The van der Waals surface area contributed by atoms with Gasteiger partial charge in [0.1, 0.15) is 17.7 Å². The predicted octanol–water partition coefficient (Wildman–Crippen LogP) is 3.88. The fraction of sp³-hybridized carbons (Fsp3) is 0.720. The van der Waals surface area contributed by atoms with Gasteiger partial charge in [-0.25, -0.2) is 0 Å². The summed E-state index contributed by atoms with van der Waals surface area (Å²) >= 11 is -0.574. The number of piperidine rings is 1. The summed E-state index contributed by atoms with van der Waals surface area (Å²) in [5, 5.41) is 10.3. The minimum Gasteiger partial charge on any atom is -0.616 e. The van der Waals surface area contributed by atoms with Crippen LogP contribution in [0, 0.1) is 23.2 Å². The number of fused-ring (bicyclic) bond motifs is 1. The molecule has 186 valence electrons. The Balaban J connectivity index is 1.09. The maximum atomic E-state index is 13.2. The minimum absolute atomic E-state index is 0.0510. The number of likely N-dealkylation sites (tertiary alicyclic amines) is 1. The van der Waals surface area contributed by atoms with E-state index in [0.717, 1.165) is 30.7 Å². The molecule has 3 heterocycles. The molecule has 4 fully saturated rings. The zero-order chi connectivity index (χ0) is 23.8. The number of alkyl halides is 3. The molecule has 5 aliphatic rings. The monoisotopic (exact) mass is 494 g/mol. The van der Waals surface area contributed by atoms with Gasteiger partial charge in [0.15, 0.2) is 5.84 Å². The molecule has 0 aromatic heterocycles. The summed E-state index contributed by atoms with van der Waals surface area (Å²) in [6.45, 7) is 6.44. The highest BCUT2D eigenvalue weighted by molar-refractivity contribution is 7.92. The lowest BCUT2D eigenvalue weighted by atomic mass is 9.80. The zero-order valence-electron chi connectivity index (χ0n) is 19.7. The molecule has 3 aliphatic heterocycles. The number of nitrogens with zero attached hydrogens (tertiary/aromatic N) is 3. The Kier molecular flexibility index (Phi) is 5.43. The van der Waals surface area contributed by atoms with Gasteiger partial charge in [0.25, 0.3) is 0 Å². The molecular formula is C25H33F3N4OS. The highest BCUT2D eigenvalue weighted by Crippen LogP contribution is 2.61. The summed E-state index contributed by atoms with van der Waals surface area (Å²) in [4.78, 5) is 2.67. The average molecular weight is 495 g/mol. The summed E-state index contributed by atoms with van der Waals surface area (Å²) < 4.78 is 51.2. The van der Waals surface area contributed by atoms with E-state index in [9.17, 15) is 17.7 Å². The van der Waals surface area contributed by atoms with Crippen LogP contribution in [0.4, 0.5) is 13.2 Å². The molecule has 34 heavy (non-hydrogen) atoms. The van der Waals surface area contributed by atoms with E-state index in [0.29, 0.717) is 40.6 Å². The highest BCUT2D eigenvalue weighted by Gasteiger charge is 2.62. The Morgan fingerprint density at radius 3 is 2.41 bits per heavy atom. The molecule has 5 nitrogen and oxygen atoms in total. The number of halogens is 3. The van der Waals surface area contributed by atoms with E-state index in [1.54, 1.807) is 6.07 Å². The third-order valence-corrected chi connectivity index (χ3v) is 10.8. The van der Waals surface area contributed by atoms with Crippen LogP contribution in [0.2, 0.25) is 0 Å². The molecule has 6 rings (SSSR count). The van der Waals surface area contributed by atoms with Crippen LogP contribution in [0.3, 0.4) is 0 Å². The van der Waals surface area contributed by atoms with Crippen LogP contribution in [-0.4, -0.2) is 63.1 Å². The number of rotatable bonds is 4. The fourth-order valence-corrected chi connectivity index (χ4v) is 8.89. The van der Waals surface area contributed by atoms with Crippen molar-refractivity contribution < 1.29 is 17.7 Å². The largest absolute Gasteiger partial charge is 0.616 e. The summed E-state index contributed by atoms with van der Waals surface area (Å²) in [6.07, 6.45) is 0.476. The van der Waals surface area contributed by atoms with E-state index in [1.165, 1.54) is 37.8 Å². The second-order valence-electron chi connectivity index (χ2n) is 11.4. The molecule has 2 saturated carbocycles. The second kappa shape index (κ2) is 8.03. The van der Waals surface area contributed by atoms with Crippen LogP contribution in [0.5, 0.6) is 0 Å². The third-order valence-electron chi connectivity index (χ3n) is 8.94. The number of hydrogen-bond donors (Lipinski definition) is 1. The van der Waals surface area contributed by atoms with Gasteiger partial charge in [-0.15, -0.1) is 0 Å². The van der Waals surface area contributed by atoms with E-state index < -0.39 is 22.9 Å². The van der Waals surface area contributed by atoms with Crippen molar-refractivity contribution in [3.8, 4) is 0 Å². The van der Waals surface area contributed by atoms with E-state index in [1.807, 2.05) is 0 Å². The number of amidine groups is 1. The third kappa shape index (κ3) is 3.91. The normalized spacial score (nSPS) is 35.3. The molecule has 2 saturated heterocycles. The summed E-state index contributed by atoms with van der Waals surface area (Å²) in [7, 11) is 0. The molecule has 0 bridgehead atoms. The second-order valence-corrected chi connectivity index (χ2v) is 12.8. The van der Waals surface area contributed by atoms with Crippen molar-refractivity contribution in [2.24, 2.45) is 28.3 Å². The number of benzene rings is 1. The van der Waals surface area contributed by atoms with E-state index in [4.69, 9.17) is 5.10 Å². The maximum absolute atomic E-state index is 13.2. The molecular weight excluding hydrogens is 461 g/mol. The van der Waals surface area contributed by atoms with Crippen molar-refractivity contribution in [2.75, 3.05) is 24.6 Å². The number of nitrogens with one attached hydrogen (secondary N) is 1. The van der Waals surface area contributed by atoms with Gasteiger partial charge >= 0.3 is 6.18 Å². The van der Waals surface area contributed by atoms with Gasteiger partial charge in [0, 0.05) is 23.6 Å². The lowest BCUT2D eigenvalue weighted by Gasteiger charge is -2.48. The smallest absolute Gasteiger partial charge is 0.416 e. The lowest BCUT2D eigenvalue weighted by molar-refractivity contribution is -0.137. The standard InChI is InChI=1S/C25H33F3N4OS/c1-15(2)32-23(29-22(30-32)16-4-3-5-17(10-16)25(26,27)28)21-19-11-18(12-20(19)21)31-8-6-24(7-9-31)13-34(33)14-24/h3-5,10,15,18-21,23H,6-9,11-14H2,1-2H3,(H,29,30). The Morgan fingerprint density at radius 2 is 1.82 bits per heavy atom. The van der Waals surface area contributed by atoms with Crippen LogP contribution in [-0.2, 0) is 17.4 Å². The van der Waals surface area contributed by atoms with Crippen molar-refractivity contribution in [1.82, 2.24) is 15.2 Å². The van der Waals surface area contributed by atoms with E-state index in [2.05, 4.69) is 29.1 Å². The van der Waals surface area contributed by atoms with Crippen LogP contribution < -0.4 is 5.32 Å². The first-order valence-corrected chi connectivity index (χ1v) is 14.0. The van der Waals surface area contributed by atoms with Crippen LogP contribution in [0.1, 0.15) is 50.7 Å². The topological polar surface area (TPSA) is 53.9 Å². The van der Waals surface area contributed by atoms with Gasteiger partial charge < -0.3 is 14.8 Å². The van der Waals surface area contributed by atoms with Gasteiger partial charge in [-0.2, -0.15) is 18.3 Å². The summed E-state index contributed by atoms with van der Waals surface area (Å²) in [5.74, 6) is 4.18. The molecule has 1 aromatic carbocycles. The molecule has 3 unspecified atom stereocenters. The van der Waals surface area contributed by atoms with Crippen molar-refractivity contribution in [2.45, 2.75) is 64.0 Å². The molecule has 0 amide bonds. The molecule has 1 spiro atoms. The molecule has 2 aliphatic carbocycles. The van der Waals surface area contributed by atoms with E-state index in [-0.39, 0.29) is 12.2 Å². The Morgan fingerprint density at radius 1 is 1.15 bits per heavy atom. The first-order valence-electron chi connectivity index (χ1n) is 12.5. The van der Waals surface area contributed by atoms with E-state index >= 15 is 0 Å². The Hall–Kier alpha value is -1.45. The molecule has 9 heteroatoms. The first kappa shape index (κ1) is 23.0. The number of hydrazone groups is 1. The van der Waals surface area contributed by atoms with Crippen LogP contribution >= 0.6 is 0 Å². The lowest BCUT2D eigenvalue weighted by Crippen LogP contribution is -2.56. The molecule has 1 N–H and O–H groups in total. The zero-order valence-corrected chi connectivity index (χ0v) is 20.5. The van der Waals surface area contributed by atoms with Crippen LogP contribution in [0.15, 0.2) is 29.4 Å². The number of hydrogen-bond acceptors (Lipinski definition) is 5. The van der Waals surface area contributed by atoms with Gasteiger partial charge in [0.05, 0.1) is 11.0 Å². The van der Waals surface area contributed by atoms with Gasteiger partial charge in [0.2, 0.25) is 0 Å². The van der Waals surface area contributed by atoms with Crippen LogP contribution in [0.25, 0.3) is 0 Å². The molecule has 0 radical (unpaired) electrons. The van der Waals surface area contributed by atoms with Crippen molar-refractivity contribution >= 4 is 17.0 Å². The Bertz CT molecular complexity index is 957. The van der Waals surface area contributed by atoms with Crippen molar-refractivity contribution in [1.29, 1.82) is 0 Å². The van der Waals surface area contributed by atoms with Gasteiger partial charge in [-0.3, -0.25) is 5.01 Å². The first-order chi connectivity index (χ1) is 16.1. The van der Waals surface area contributed by atoms with Crippen molar-refractivity contribution in [3.63, 3.8) is 0 Å². The molecule has 1 aromatic rings. The van der Waals surface area contributed by atoms with Crippen molar-refractivity contribution in [3.05, 3.63) is 35.4 Å². The predicted molar refractivity (Wildman–Crippen MR) is 126 cm³/mol. The summed E-state index contributed by atoms with van der Waals surface area (Å²) in [6, 6.07) is 6.27. The SMILES string of the molecule is CC(C)N1N=C(c2cccc(C(F)(F)F)c2)NC1C1C2CC(N3CCC4(CC3)C[S+]([O-])C4)CC21. The maximum Gasteiger partial charge on any atom is 0.416 e. The minimum atomic E-state index is -4.36. The summed E-state index contributed by atoms with van der Waals surface area (Å²) in [5.41, 5.74) is 0.219. The highest BCUT2D eigenvalue weighted by atomic mass is 32.2. The van der Waals surface area contributed by atoms with Gasteiger partial charge in [-0.05, 0) is 76.6 Å². The average Bonchev–Trinajstić information content (AvgIpc) is 3.13.